The van der Waals surface area contributed by atoms with Gasteiger partial charge < -0.3 is 20.1 Å². The summed E-state index contributed by atoms with van der Waals surface area (Å²) in [5.74, 6) is 1.14. The molecular weight excluding hydrogens is 388 g/mol. The minimum Gasteiger partial charge on any atom is -0.393 e. The fourth-order valence-electron chi connectivity index (χ4n) is 6.41. The fourth-order valence-corrected chi connectivity index (χ4v) is 6.41. The molecule has 0 saturated heterocycles. The highest BCUT2D eigenvalue weighted by Crippen LogP contribution is 2.58. The summed E-state index contributed by atoms with van der Waals surface area (Å²) in [6.07, 6.45) is 12.1. The van der Waals surface area contributed by atoms with Crippen molar-refractivity contribution in [3.05, 3.63) is 35.5 Å². The van der Waals surface area contributed by atoms with E-state index < -0.39 is 17.8 Å². The summed E-state index contributed by atoms with van der Waals surface area (Å²) in [5.41, 5.74) is 2.91. The fraction of sp³-hybridized carbons (Fsp3) is 0.778. The van der Waals surface area contributed by atoms with E-state index in [0.717, 1.165) is 30.4 Å². The van der Waals surface area contributed by atoms with Crippen LogP contribution < -0.4 is 0 Å². The molecule has 0 bridgehead atoms. The van der Waals surface area contributed by atoms with Crippen LogP contribution in [0.4, 0.5) is 0 Å². The minimum atomic E-state index is -0.629. The van der Waals surface area contributed by atoms with Gasteiger partial charge in [-0.2, -0.15) is 0 Å². The molecule has 3 N–H and O–H groups in total. The van der Waals surface area contributed by atoms with Crippen LogP contribution in [0.15, 0.2) is 35.5 Å². The van der Waals surface area contributed by atoms with Gasteiger partial charge in [-0.25, -0.2) is 0 Å². The van der Waals surface area contributed by atoms with Gasteiger partial charge in [0.2, 0.25) is 0 Å². The predicted octanol–water partition coefficient (Wildman–Crippen LogP) is 5.08. The number of aliphatic hydroxyl groups excluding tert-OH is 2. The minimum absolute atomic E-state index is 0.234. The van der Waals surface area contributed by atoms with Crippen LogP contribution in [0, 0.1) is 17.3 Å². The molecule has 0 heterocycles. The van der Waals surface area contributed by atoms with Crippen LogP contribution in [0.5, 0.6) is 0 Å². The van der Waals surface area contributed by atoms with E-state index in [1.807, 2.05) is 13.8 Å². The van der Waals surface area contributed by atoms with Gasteiger partial charge in [-0.05, 0) is 101 Å². The molecule has 31 heavy (non-hydrogen) atoms. The lowest BCUT2D eigenvalue weighted by Crippen LogP contribution is -2.38. The number of rotatable bonds is 7. The third kappa shape index (κ3) is 5.90. The van der Waals surface area contributed by atoms with Gasteiger partial charge in [0.25, 0.3) is 0 Å². The van der Waals surface area contributed by atoms with Crippen molar-refractivity contribution in [2.45, 2.75) is 109 Å². The molecule has 176 valence electrons. The van der Waals surface area contributed by atoms with Crippen molar-refractivity contribution in [2.75, 3.05) is 6.61 Å². The summed E-state index contributed by atoms with van der Waals surface area (Å²) >= 11 is 0. The van der Waals surface area contributed by atoms with Gasteiger partial charge in [0.15, 0.2) is 0 Å². The second-order valence-electron chi connectivity index (χ2n) is 11.2. The summed E-state index contributed by atoms with van der Waals surface area (Å²) < 4.78 is 6.25. The van der Waals surface area contributed by atoms with Gasteiger partial charge in [0, 0.05) is 13.0 Å². The number of ether oxygens (including phenoxy) is 1. The van der Waals surface area contributed by atoms with E-state index in [1.54, 1.807) is 0 Å². The zero-order chi connectivity index (χ0) is 22.8. The van der Waals surface area contributed by atoms with Crippen LogP contribution in [0.3, 0.4) is 0 Å². The Balaban J connectivity index is 1.66. The Kier molecular flexibility index (Phi) is 7.89. The molecule has 4 nitrogen and oxygen atoms in total. The zero-order valence-corrected chi connectivity index (χ0v) is 20.1. The van der Waals surface area contributed by atoms with Crippen molar-refractivity contribution in [3.8, 4) is 0 Å². The Morgan fingerprint density at radius 2 is 2.00 bits per heavy atom. The van der Waals surface area contributed by atoms with Gasteiger partial charge >= 0.3 is 0 Å². The first-order chi connectivity index (χ1) is 14.5. The first-order valence-corrected chi connectivity index (χ1v) is 12.3. The van der Waals surface area contributed by atoms with Gasteiger partial charge in [-0.1, -0.05) is 31.2 Å². The Hall–Kier alpha value is -0.940. The molecule has 0 radical (unpaired) electrons. The number of fused-ring (bicyclic) bond motifs is 1. The molecule has 0 amide bonds. The third-order valence-corrected chi connectivity index (χ3v) is 8.18. The summed E-state index contributed by atoms with van der Waals surface area (Å²) in [4.78, 5) is 0. The Morgan fingerprint density at radius 3 is 2.71 bits per heavy atom. The second kappa shape index (κ2) is 9.91. The molecule has 3 saturated carbocycles. The van der Waals surface area contributed by atoms with Crippen molar-refractivity contribution in [3.63, 3.8) is 0 Å². The van der Waals surface area contributed by atoms with Crippen molar-refractivity contribution >= 4 is 0 Å². The second-order valence-corrected chi connectivity index (χ2v) is 11.2. The molecule has 3 aliphatic rings. The average molecular weight is 433 g/mol. The molecule has 0 aromatic carbocycles. The topological polar surface area (TPSA) is 69.9 Å². The molecule has 3 rings (SSSR count). The van der Waals surface area contributed by atoms with Gasteiger partial charge in [0.05, 0.1) is 23.9 Å². The average Bonchev–Trinajstić information content (AvgIpc) is 3.03. The standard InChI is InChI=1S/C27H44O4/c1-18-21(16-22(28)17-25(18)29)10-9-20-8-6-14-27(5)23(11-12-24(20)27)19(2)31-15-7-13-26(3,4)30/h9-10,19,22-25,28-30H,1,6-8,11-17H2,2-5H3/b20-9+,21-10-/t19?,22-,23-,24+,25+,27-/m1/s1. The van der Waals surface area contributed by atoms with E-state index in [1.165, 1.54) is 31.3 Å². The van der Waals surface area contributed by atoms with E-state index in [0.29, 0.717) is 31.3 Å². The van der Waals surface area contributed by atoms with Gasteiger partial charge in [-0.15, -0.1) is 0 Å². The lowest BCUT2D eigenvalue weighted by Gasteiger charge is -2.44. The van der Waals surface area contributed by atoms with Gasteiger partial charge in [-0.3, -0.25) is 0 Å². The highest BCUT2D eigenvalue weighted by atomic mass is 16.5. The quantitative estimate of drug-likeness (QED) is 0.491. The summed E-state index contributed by atoms with van der Waals surface area (Å²) in [7, 11) is 0. The molecular formula is C27H44O4. The molecule has 6 atom stereocenters. The molecule has 3 aliphatic carbocycles. The van der Waals surface area contributed by atoms with E-state index in [9.17, 15) is 15.3 Å². The molecule has 0 aromatic rings. The summed E-state index contributed by atoms with van der Waals surface area (Å²) in [6.45, 7) is 13.2. The molecule has 0 spiro atoms. The zero-order valence-electron chi connectivity index (χ0n) is 20.1. The monoisotopic (exact) mass is 432 g/mol. The number of hydrogen-bond acceptors (Lipinski definition) is 4. The van der Waals surface area contributed by atoms with Crippen LogP contribution in [-0.2, 0) is 4.74 Å². The molecule has 0 aromatic heterocycles. The largest absolute Gasteiger partial charge is 0.393 e. The number of aliphatic hydroxyl groups is 3. The number of allylic oxidation sites excluding steroid dienone is 3. The van der Waals surface area contributed by atoms with Crippen LogP contribution in [-0.4, -0.2) is 45.8 Å². The van der Waals surface area contributed by atoms with Gasteiger partial charge in [0.1, 0.15) is 0 Å². The molecule has 1 unspecified atom stereocenters. The highest BCUT2D eigenvalue weighted by Gasteiger charge is 2.51. The molecule has 4 heteroatoms. The maximum atomic E-state index is 10.1. The summed E-state index contributed by atoms with van der Waals surface area (Å²) in [5, 5.41) is 30.1. The Morgan fingerprint density at radius 1 is 1.26 bits per heavy atom. The smallest absolute Gasteiger partial charge is 0.0811 e. The SMILES string of the molecule is C=C1/C(=C\C=C2/CCC[C@]3(C)[C@@H](C(C)OCCCC(C)(C)O)CC[C@@H]23)C[C@@H](O)C[C@@H]1O. The van der Waals surface area contributed by atoms with Crippen LogP contribution in [0.2, 0.25) is 0 Å². The van der Waals surface area contributed by atoms with Crippen LogP contribution >= 0.6 is 0 Å². The van der Waals surface area contributed by atoms with E-state index >= 15 is 0 Å². The first kappa shape index (κ1) is 24.7. The van der Waals surface area contributed by atoms with Crippen molar-refractivity contribution in [2.24, 2.45) is 17.3 Å². The third-order valence-electron chi connectivity index (χ3n) is 8.18. The van der Waals surface area contributed by atoms with Crippen LogP contribution in [0.1, 0.15) is 85.5 Å². The first-order valence-electron chi connectivity index (χ1n) is 12.3. The Bertz CT molecular complexity index is 701. The van der Waals surface area contributed by atoms with Crippen LogP contribution in [0.25, 0.3) is 0 Å². The Labute approximate surface area is 189 Å². The highest BCUT2D eigenvalue weighted by molar-refractivity contribution is 5.38. The van der Waals surface area contributed by atoms with Crippen molar-refractivity contribution in [1.29, 1.82) is 0 Å². The van der Waals surface area contributed by atoms with E-state index in [-0.39, 0.29) is 11.5 Å². The number of hydrogen-bond donors (Lipinski definition) is 3. The normalized spacial score (nSPS) is 38.0. The maximum absolute atomic E-state index is 10.1. The summed E-state index contributed by atoms with van der Waals surface area (Å²) in [6, 6.07) is 0. The molecule has 3 fully saturated rings. The van der Waals surface area contributed by atoms with Crippen molar-refractivity contribution < 1.29 is 20.1 Å². The lowest BCUT2D eigenvalue weighted by molar-refractivity contribution is -0.0318. The molecule has 0 aliphatic heterocycles. The van der Waals surface area contributed by atoms with Crippen molar-refractivity contribution in [1.82, 2.24) is 0 Å². The maximum Gasteiger partial charge on any atom is 0.0811 e. The van der Waals surface area contributed by atoms with E-state index in [2.05, 4.69) is 32.6 Å². The lowest BCUT2D eigenvalue weighted by atomic mass is 9.62. The predicted molar refractivity (Wildman–Crippen MR) is 126 cm³/mol. The van der Waals surface area contributed by atoms with E-state index in [4.69, 9.17) is 4.74 Å².